The zero-order valence-electron chi connectivity index (χ0n) is 14.5. The zero-order valence-corrected chi connectivity index (χ0v) is 15.3. The van der Waals surface area contributed by atoms with Crippen molar-refractivity contribution in [3.63, 3.8) is 0 Å². The fourth-order valence-corrected chi connectivity index (χ4v) is 2.74. The van der Waals surface area contributed by atoms with Gasteiger partial charge in [0.1, 0.15) is 5.75 Å². The molecule has 3 aromatic rings. The third-order valence-electron chi connectivity index (χ3n) is 3.70. The molecule has 0 unspecified atom stereocenters. The summed E-state index contributed by atoms with van der Waals surface area (Å²) in [6.07, 6.45) is 2.17. The number of ether oxygens (including phenoxy) is 2. The van der Waals surface area contributed by atoms with E-state index in [2.05, 4.69) is 10.1 Å². The van der Waals surface area contributed by atoms with E-state index in [1.807, 2.05) is 48.7 Å². The Morgan fingerprint density at radius 3 is 2.65 bits per heavy atom. The lowest BCUT2D eigenvalue weighted by Gasteiger charge is -2.08. The Hall–Kier alpha value is -2.80. The average molecular weight is 370 g/mol. The van der Waals surface area contributed by atoms with Crippen molar-refractivity contribution >= 4 is 17.7 Å². The van der Waals surface area contributed by atoms with Crippen LogP contribution >= 0.6 is 11.8 Å². The molecule has 26 heavy (non-hydrogen) atoms. The van der Waals surface area contributed by atoms with Crippen LogP contribution in [-0.2, 0) is 22.6 Å². The SMILES string of the molecule is COC(=O)Cc1ccccc1OCc1nc(-c2ccc(SC)cc2)no1. The first kappa shape index (κ1) is 18.0. The van der Waals surface area contributed by atoms with Gasteiger partial charge in [0.2, 0.25) is 5.82 Å². The highest BCUT2D eigenvalue weighted by molar-refractivity contribution is 7.98. The number of para-hydroxylation sites is 1. The number of carbonyl (C=O) groups excluding carboxylic acids is 1. The number of carbonyl (C=O) groups is 1. The summed E-state index contributed by atoms with van der Waals surface area (Å²) in [4.78, 5) is 17.0. The normalized spacial score (nSPS) is 10.5. The number of methoxy groups -OCH3 is 1. The van der Waals surface area contributed by atoms with Gasteiger partial charge in [-0.3, -0.25) is 4.79 Å². The molecular weight excluding hydrogens is 352 g/mol. The van der Waals surface area contributed by atoms with Crippen molar-refractivity contribution in [3.05, 3.63) is 60.0 Å². The van der Waals surface area contributed by atoms with Crippen molar-refractivity contribution in [1.29, 1.82) is 0 Å². The fourth-order valence-electron chi connectivity index (χ4n) is 2.33. The highest BCUT2D eigenvalue weighted by atomic mass is 32.2. The quantitative estimate of drug-likeness (QED) is 0.463. The molecule has 1 heterocycles. The van der Waals surface area contributed by atoms with Crippen molar-refractivity contribution in [2.75, 3.05) is 13.4 Å². The third-order valence-corrected chi connectivity index (χ3v) is 4.45. The van der Waals surface area contributed by atoms with Crippen LogP contribution in [0.4, 0.5) is 0 Å². The first-order chi connectivity index (χ1) is 12.7. The van der Waals surface area contributed by atoms with Crippen LogP contribution < -0.4 is 4.74 Å². The molecule has 3 rings (SSSR count). The maximum Gasteiger partial charge on any atom is 0.310 e. The van der Waals surface area contributed by atoms with Crippen LogP contribution in [0.15, 0.2) is 57.9 Å². The molecule has 0 aliphatic carbocycles. The van der Waals surface area contributed by atoms with Crippen molar-refractivity contribution in [3.8, 4) is 17.1 Å². The number of hydrogen-bond donors (Lipinski definition) is 0. The second-order valence-corrected chi connectivity index (χ2v) is 6.27. The van der Waals surface area contributed by atoms with Gasteiger partial charge in [0, 0.05) is 16.0 Å². The van der Waals surface area contributed by atoms with E-state index in [1.165, 1.54) is 12.0 Å². The number of aromatic nitrogens is 2. The van der Waals surface area contributed by atoms with Gasteiger partial charge in [0.05, 0.1) is 13.5 Å². The van der Waals surface area contributed by atoms with Crippen molar-refractivity contribution in [2.45, 2.75) is 17.9 Å². The second kappa shape index (κ2) is 8.53. The lowest BCUT2D eigenvalue weighted by molar-refractivity contribution is -0.139. The lowest BCUT2D eigenvalue weighted by atomic mass is 10.1. The predicted octanol–water partition coefficient (Wildman–Crippen LogP) is 3.75. The minimum atomic E-state index is -0.324. The molecule has 0 saturated carbocycles. The maximum atomic E-state index is 11.5. The number of hydrogen-bond acceptors (Lipinski definition) is 7. The topological polar surface area (TPSA) is 74.5 Å². The summed E-state index contributed by atoms with van der Waals surface area (Å²) in [5.41, 5.74) is 1.62. The van der Waals surface area contributed by atoms with E-state index < -0.39 is 0 Å². The van der Waals surface area contributed by atoms with Gasteiger partial charge >= 0.3 is 5.97 Å². The van der Waals surface area contributed by atoms with Gasteiger partial charge in [0.25, 0.3) is 5.89 Å². The Morgan fingerprint density at radius 1 is 1.15 bits per heavy atom. The van der Waals surface area contributed by atoms with Gasteiger partial charge in [0.15, 0.2) is 6.61 Å². The number of benzene rings is 2. The van der Waals surface area contributed by atoms with E-state index in [0.717, 1.165) is 11.1 Å². The molecule has 2 aromatic carbocycles. The first-order valence-electron chi connectivity index (χ1n) is 7.94. The maximum absolute atomic E-state index is 11.5. The van der Waals surface area contributed by atoms with Gasteiger partial charge in [-0.2, -0.15) is 4.98 Å². The lowest BCUT2D eigenvalue weighted by Crippen LogP contribution is -2.06. The Bertz CT molecular complexity index is 877. The molecular formula is C19H18N2O4S. The first-order valence-corrected chi connectivity index (χ1v) is 9.16. The van der Waals surface area contributed by atoms with Crippen molar-refractivity contribution < 1.29 is 18.8 Å². The van der Waals surface area contributed by atoms with E-state index in [9.17, 15) is 4.79 Å². The number of rotatable bonds is 7. The van der Waals surface area contributed by atoms with Crippen LogP contribution in [0.3, 0.4) is 0 Å². The van der Waals surface area contributed by atoms with E-state index >= 15 is 0 Å². The van der Waals surface area contributed by atoms with Gasteiger partial charge in [-0.05, 0) is 36.6 Å². The van der Waals surface area contributed by atoms with Gasteiger partial charge in [-0.25, -0.2) is 0 Å². The van der Waals surface area contributed by atoms with Gasteiger partial charge in [-0.1, -0.05) is 23.4 Å². The summed E-state index contributed by atoms with van der Waals surface area (Å²) >= 11 is 1.67. The summed E-state index contributed by atoms with van der Waals surface area (Å²) in [6, 6.07) is 15.2. The van der Waals surface area contributed by atoms with E-state index in [0.29, 0.717) is 17.5 Å². The Labute approximate surface area is 155 Å². The highest BCUT2D eigenvalue weighted by Crippen LogP contribution is 2.22. The van der Waals surface area contributed by atoms with Crippen LogP contribution in [0.2, 0.25) is 0 Å². The zero-order chi connectivity index (χ0) is 18.4. The summed E-state index contributed by atoms with van der Waals surface area (Å²) in [5.74, 6) is 1.14. The molecule has 0 atom stereocenters. The third kappa shape index (κ3) is 4.43. The van der Waals surface area contributed by atoms with E-state index in [-0.39, 0.29) is 19.0 Å². The molecule has 0 spiro atoms. The Balaban J connectivity index is 1.67. The second-order valence-electron chi connectivity index (χ2n) is 5.39. The molecule has 6 nitrogen and oxygen atoms in total. The summed E-state index contributed by atoms with van der Waals surface area (Å²) in [5, 5.41) is 3.99. The summed E-state index contributed by atoms with van der Waals surface area (Å²) < 4.78 is 15.7. The number of esters is 1. The monoisotopic (exact) mass is 370 g/mol. The van der Waals surface area contributed by atoms with Gasteiger partial charge < -0.3 is 14.0 Å². The molecule has 0 aliphatic heterocycles. The minimum Gasteiger partial charge on any atom is -0.483 e. The molecule has 1 aromatic heterocycles. The highest BCUT2D eigenvalue weighted by Gasteiger charge is 2.12. The largest absolute Gasteiger partial charge is 0.483 e. The predicted molar refractivity (Wildman–Crippen MR) is 98.0 cm³/mol. The fraction of sp³-hybridized carbons (Fsp3) is 0.211. The van der Waals surface area contributed by atoms with E-state index in [4.69, 9.17) is 14.0 Å². The average Bonchev–Trinajstić information content (AvgIpc) is 3.16. The molecule has 134 valence electrons. The standard InChI is InChI=1S/C19H18N2O4S/c1-23-18(22)11-14-5-3-4-6-16(14)24-12-17-20-19(21-25-17)13-7-9-15(26-2)10-8-13/h3-10H,11-12H2,1-2H3. The van der Waals surface area contributed by atoms with Gasteiger partial charge in [-0.15, -0.1) is 11.8 Å². The molecule has 0 radical (unpaired) electrons. The molecule has 0 aliphatic rings. The van der Waals surface area contributed by atoms with Crippen LogP contribution in [0.5, 0.6) is 5.75 Å². The van der Waals surface area contributed by atoms with E-state index in [1.54, 1.807) is 17.8 Å². The molecule has 0 bridgehead atoms. The summed E-state index contributed by atoms with van der Waals surface area (Å²) in [6.45, 7) is 0.119. The molecule has 0 N–H and O–H groups in total. The van der Waals surface area contributed by atoms with Crippen LogP contribution in [-0.4, -0.2) is 29.5 Å². The molecule has 0 fully saturated rings. The molecule has 0 saturated heterocycles. The van der Waals surface area contributed by atoms with Crippen LogP contribution in [0.25, 0.3) is 11.4 Å². The smallest absolute Gasteiger partial charge is 0.310 e. The number of thioether (sulfide) groups is 1. The minimum absolute atomic E-state index is 0.119. The van der Waals surface area contributed by atoms with Crippen molar-refractivity contribution in [2.24, 2.45) is 0 Å². The number of nitrogens with zero attached hydrogens (tertiary/aromatic N) is 2. The molecule has 7 heteroatoms. The van der Waals surface area contributed by atoms with Crippen LogP contribution in [0.1, 0.15) is 11.5 Å². The van der Waals surface area contributed by atoms with Crippen LogP contribution in [0, 0.1) is 0 Å². The summed E-state index contributed by atoms with van der Waals surface area (Å²) in [7, 11) is 1.36. The Kier molecular flexibility index (Phi) is 5.91. The Morgan fingerprint density at radius 2 is 1.92 bits per heavy atom. The molecule has 0 amide bonds. The van der Waals surface area contributed by atoms with Crippen molar-refractivity contribution in [1.82, 2.24) is 10.1 Å².